The van der Waals surface area contributed by atoms with Crippen LogP contribution in [0.5, 0.6) is 17.2 Å². The molecule has 1 N–H and O–H groups in total. The van der Waals surface area contributed by atoms with Gasteiger partial charge >= 0.3 is 0 Å². The van der Waals surface area contributed by atoms with E-state index in [2.05, 4.69) is 27.9 Å². The quantitative estimate of drug-likeness (QED) is 0.215. The number of nitrogens with zero attached hydrogens (tertiary/aromatic N) is 1. The van der Waals surface area contributed by atoms with E-state index >= 15 is 0 Å². The minimum atomic E-state index is -0.494. The fourth-order valence-corrected chi connectivity index (χ4v) is 3.74. The molecule has 174 valence electrons. The summed E-state index contributed by atoms with van der Waals surface area (Å²) in [6, 6.07) is 18.7. The standard InChI is InChI=1S/C26H22FIN2O4/c1-32-22-9-6-19(25(13-22)33-2)15-30-26(31)20(14-29)11-18-5-10-24(23(28)12-18)34-16-17-3-7-21(27)8-4-17/h3-13H,15-16H2,1-2H3,(H,30,31)/b20-11+. The van der Waals surface area contributed by atoms with Gasteiger partial charge in [-0.2, -0.15) is 5.26 Å². The first-order valence-electron chi connectivity index (χ1n) is 10.2. The Hall–Kier alpha value is -3.58. The van der Waals surface area contributed by atoms with E-state index in [9.17, 15) is 14.4 Å². The third kappa shape index (κ3) is 6.71. The summed E-state index contributed by atoms with van der Waals surface area (Å²) in [4.78, 5) is 12.6. The Morgan fingerprint density at radius 3 is 2.47 bits per heavy atom. The molecule has 3 aromatic rings. The third-order valence-electron chi connectivity index (χ3n) is 4.87. The minimum absolute atomic E-state index is 0.0248. The van der Waals surface area contributed by atoms with Crippen LogP contribution < -0.4 is 19.5 Å². The molecule has 1 amide bonds. The Morgan fingerprint density at radius 2 is 1.82 bits per heavy atom. The predicted molar refractivity (Wildman–Crippen MR) is 135 cm³/mol. The van der Waals surface area contributed by atoms with Crippen molar-refractivity contribution in [2.45, 2.75) is 13.2 Å². The van der Waals surface area contributed by atoms with Crippen LogP contribution in [-0.4, -0.2) is 20.1 Å². The largest absolute Gasteiger partial charge is 0.497 e. The Labute approximate surface area is 211 Å². The highest BCUT2D eigenvalue weighted by molar-refractivity contribution is 14.1. The Balaban J connectivity index is 1.66. The van der Waals surface area contributed by atoms with Gasteiger partial charge in [-0.25, -0.2) is 4.39 Å². The molecule has 0 aliphatic heterocycles. The van der Waals surface area contributed by atoms with E-state index in [1.165, 1.54) is 25.3 Å². The number of halogens is 2. The fourth-order valence-electron chi connectivity index (χ4n) is 3.05. The number of nitrogens with one attached hydrogen (secondary N) is 1. The number of amides is 1. The van der Waals surface area contributed by atoms with Gasteiger partial charge in [0.25, 0.3) is 5.91 Å². The third-order valence-corrected chi connectivity index (χ3v) is 5.72. The molecule has 3 aromatic carbocycles. The lowest BCUT2D eigenvalue weighted by molar-refractivity contribution is -0.117. The van der Waals surface area contributed by atoms with Crippen molar-refractivity contribution in [2.75, 3.05) is 14.2 Å². The fraction of sp³-hybridized carbons (Fsp3) is 0.154. The SMILES string of the molecule is COc1ccc(CNC(=O)/C(C#N)=C/c2ccc(OCc3ccc(F)cc3)c(I)c2)c(OC)c1. The van der Waals surface area contributed by atoms with Crippen molar-refractivity contribution < 1.29 is 23.4 Å². The number of carbonyl (C=O) groups is 1. The summed E-state index contributed by atoms with van der Waals surface area (Å²) in [5.74, 6) is 1.08. The van der Waals surface area contributed by atoms with Crippen LogP contribution in [-0.2, 0) is 17.9 Å². The van der Waals surface area contributed by atoms with E-state index in [0.29, 0.717) is 29.4 Å². The van der Waals surface area contributed by atoms with E-state index in [4.69, 9.17) is 14.2 Å². The van der Waals surface area contributed by atoms with Gasteiger partial charge in [0.05, 0.1) is 17.8 Å². The van der Waals surface area contributed by atoms with E-state index < -0.39 is 5.91 Å². The van der Waals surface area contributed by atoms with Crippen molar-refractivity contribution in [3.05, 3.63) is 92.3 Å². The van der Waals surface area contributed by atoms with E-state index in [1.807, 2.05) is 12.1 Å². The monoisotopic (exact) mass is 572 g/mol. The minimum Gasteiger partial charge on any atom is -0.497 e. The Bertz CT molecular complexity index is 1240. The number of benzene rings is 3. The molecule has 0 unspecified atom stereocenters. The molecule has 34 heavy (non-hydrogen) atoms. The first-order valence-corrected chi connectivity index (χ1v) is 11.3. The molecular formula is C26H22FIN2O4. The average molecular weight is 572 g/mol. The van der Waals surface area contributed by atoms with Crippen LogP contribution in [0.3, 0.4) is 0 Å². The highest BCUT2D eigenvalue weighted by Gasteiger charge is 2.12. The highest BCUT2D eigenvalue weighted by Crippen LogP contribution is 2.26. The molecule has 0 spiro atoms. The van der Waals surface area contributed by atoms with Crippen LogP contribution in [0.25, 0.3) is 6.08 Å². The lowest BCUT2D eigenvalue weighted by Gasteiger charge is -2.11. The molecule has 0 saturated heterocycles. The maximum absolute atomic E-state index is 13.0. The molecule has 0 saturated carbocycles. The number of ether oxygens (including phenoxy) is 3. The number of nitriles is 1. The van der Waals surface area contributed by atoms with Gasteiger partial charge in [0.2, 0.25) is 0 Å². The topological polar surface area (TPSA) is 80.6 Å². The van der Waals surface area contributed by atoms with Crippen molar-refractivity contribution in [3.8, 4) is 23.3 Å². The lowest BCUT2D eigenvalue weighted by atomic mass is 10.1. The Kier molecular flexibility index (Phi) is 8.87. The van der Waals surface area contributed by atoms with Crippen molar-refractivity contribution in [2.24, 2.45) is 0 Å². The Morgan fingerprint density at radius 1 is 1.06 bits per heavy atom. The van der Waals surface area contributed by atoms with Crippen LogP contribution in [0.2, 0.25) is 0 Å². The second kappa shape index (κ2) is 12.0. The molecule has 0 fully saturated rings. The van der Waals surface area contributed by atoms with Crippen LogP contribution in [0.1, 0.15) is 16.7 Å². The predicted octanol–water partition coefficient (Wildman–Crippen LogP) is 5.25. The van der Waals surface area contributed by atoms with E-state index in [1.54, 1.807) is 49.6 Å². The lowest BCUT2D eigenvalue weighted by Crippen LogP contribution is -2.24. The van der Waals surface area contributed by atoms with Gasteiger partial charge in [-0.3, -0.25) is 4.79 Å². The zero-order chi connectivity index (χ0) is 24.5. The van der Waals surface area contributed by atoms with Crippen molar-refractivity contribution in [1.29, 1.82) is 5.26 Å². The normalized spacial score (nSPS) is 10.9. The molecular weight excluding hydrogens is 550 g/mol. The second-order valence-electron chi connectivity index (χ2n) is 7.14. The van der Waals surface area contributed by atoms with Crippen molar-refractivity contribution in [3.63, 3.8) is 0 Å². The van der Waals surface area contributed by atoms with E-state index in [0.717, 1.165) is 14.7 Å². The number of rotatable bonds is 9. The molecule has 0 aromatic heterocycles. The maximum Gasteiger partial charge on any atom is 0.262 e. The van der Waals surface area contributed by atoms with Crippen LogP contribution >= 0.6 is 22.6 Å². The first-order chi connectivity index (χ1) is 16.4. The summed E-state index contributed by atoms with van der Waals surface area (Å²) in [6.45, 7) is 0.491. The van der Waals surface area contributed by atoms with Crippen LogP contribution in [0.15, 0.2) is 66.2 Å². The van der Waals surface area contributed by atoms with Gasteiger partial charge in [-0.05, 0) is 76.2 Å². The number of hydrogen-bond acceptors (Lipinski definition) is 5. The molecule has 6 nitrogen and oxygen atoms in total. The number of hydrogen-bond donors (Lipinski definition) is 1. The highest BCUT2D eigenvalue weighted by atomic mass is 127. The molecule has 0 heterocycles. The summed E-state index contributed by atoms with van der Waals surface area (Å²) in [5, 5.41) is 12.3. The zero-order valence-corrected chi connectivity index (χ0v) is 20.8. The molecule has 0 bridgehead atoms. The van der Waals surface area contributed by atoms with Crippen LogP contribution in [0.4, 0.5) is 4.39 Å². The van der Waals surface area contributed by atoms with Gasteiger partial charge in [-0.1, -0.05) is 18.2 Å². The number of methoxy groups -OCH3 is 2. The summed E-state index contributed by atoms with van der Waals surface area (Å²) < 4.78 is 30.2. The van der Waals surface area contributed by atoms with Gasteiger partial charge in [0.1, 0.15) is 41.3 Å². The molecule has 0 atom stereocenters. The molecule has 3 rings (SSSR count). The van der Waals surface area contributed by atoms with Crippen molar-refractivity contribution >= 4 is 34.6 Å². The van der Waals surface area contributed by atoms with Crippen LogP contribution in [0, 0.1) is 20.7 Å². The van der Waals surface area contributed by atoms with Gasteiger partial charge in [-0.15, -0.1) is 0 Å². The molecule has 0 aliphatic rings. The van der Waals surface area contributed by atoms with Crippen molar-refractivity contribution in [1.82, 2.24) is 5.32 Å². The van der Waals surface area contributed by atoms with Gasteiger partial charge < -0.3 is 19.5 Å². The zero-order valence-electron chi connectivity index (χ0n) is 18.6. The summed E-state index contributed by atoms with van der Waals surface area (Å²) in [7, 11) is 3.10. The molecule has 8 heteroatoms. The second-order valence-corrected chi connectivity index (χ2v) is 8.30. The maximum atomic E-state index is 13.0. The van der Waals surface area contributed by atoms with Gasteiger partial charge in [0.15, 0.2) is 0 Å². The molecule has 0 aliphatic carbocycles. The summed E-state index contributed by atoms with van der Waals surface area (Å²) in [6.07, 6.45) is 1.52. The average Bonchev–Trinajstić information content (AvgIpc) is 2.86. The summed E-state index contributed by atoms with van der Waals surface area (Å²) >= 11 is 2.13. The van der Waals surface area contributed by atoms with Gasteiger partial charge in [0, 0.05) is 18.2 Å². The first kappa shape index (κ1) is 25.1. The summed E-state index contributed by atoms with van der Waals surface area (Å²) in [5.41, 5.74) is 2.26. The van der Waals surface area contributed by atoms with E-state index in [-0.39, 0.29) is 17.9 Å². The molecule has 0 radical (unpaired) electrons. The smallest absolute Gasteiger partial charge is 0.262 e. The number of carbonyl (C=O) groups excluding carboxylic acids is 1.